The molecule has 4 rings (SSSR count). The smallest absolute Gasteiger partial charge is 0.160 e. The molecule has 0 radical (unpaired) electrons. The largest absolute Gasteiger partial charge is 0.294 e. The first kappa shape index (κ1) is 18.0. The van der Waals surface area contributed by atoms with Crippen LogP contribution >= 0.6 is 0 Å². The lowest BCUT2D eigenvalue weighted by molar-refractivity contribution is -0.116. The van der Waals surface area contributed by atoms with Crippen LogP contribution in [0.3, 0.4) is 0 Å². The highest BCUT2D eigenvalue weighted by atomic mass is 16.1. The molecule has 0 amide bonds. The SMILES string of the molecule is O=C1CCCC(c2ccccc2)=C1C(C#Cc1ccccc1)c1ccccc1. The summed E-state index contributed by atoms with van der Waals surface area (Å²) in [7, 11) is 0. The summed E-state index contributed by atoms with van der Waals surface area (Å²) in [6, 6.07) is 30.4. The van der Waals surface area contributed by atoms with Gasteiger partial charge < -0.3 is 0 Å². The second kappa shape index (κ2) is 8.55. The minimum atomic E-state index is -0.218. The lowest BCUT2D eigenvalue weighted by atomic mass is 9.78. The van der Waals surface area contributed by atoms with Crippen LogP contribution in [0.4, 0.5) is 0 Å². The van der Waals surface area contributed by atoms with Gasteiger partial charge in [-0.2, -0.15) is 0 Å². The number of carbonyl (C=O) groups excluding carboxylic acids is 1. The predicted octanol–water partition coefficient (Wildman–Crippen LogP) is 6.03. The molecule has 0 spiro atoms. The normalized spacial score (nSPS) is 14.9. The Morgan fingerprint density at radius 1 is 0.714 bits per heavy atom. The molecule has 28 heavy (non-hydrogen) atoms. The fourth-order valence-corrected chi connectivity index (χ4v) is 3.78. The molecule has 1 aliphatic carbocycles. The maximum absolute atomic E-state index is 13.1. The van der Waals surface area contributed by atoms with Crippen molar-refractivity contribution in [2.24, 2.45) is 0 Å². The summed E-state index contributed by atoms with van der Waals surface area (Å²) in [5, 5.41) is 0. The summed E-state index contributed by atoms with van der Waals surface area (Å²) < 4.78 is 0. The summed E-state index contributed by atoms with van der Waals surface area (Å²) >= 11 is 0. The predicted molar refractivity (Wildman–Crippen MR) is 115 cm³/mol. The highest BCUT2D eigenvalue weighted by molar-refractivity contribution is 6.06. The van der Waals surface area contributed by atoms with E-state index in [9.17, 15) is 4.79 Å². The van der Waals surface area contributed by atoms with Crippen LogP contribution in [0.2, 0.25) is 0 Å². The van der Waals surface area contributed by atoms with Crippen LogP contribution in [0.25, 0.3) is 5.57 Å². The van der Waals surface area contributed by atoms with Crippen molar-refractivity contribution in [3.8, 4) is 11.8 Å². The van der Waals surface area contributed by atoms with Gasteiger partial charge in [0, 0.05) is 17.6 Å². The van der Waals surface area contributed by atoms with Gasteiger partial charge in [-0.1, -0.05) is 90.7 Å². The number of hydrogen-bond donors (Lipinski definition) is 0. The van der Waals surface area contributed by atoms with Gasteiger partial charge in [-0.15, -0.1) is 0 Å². The zero-order valence-electron chi connectivity index (χ0n) is 15.8. The van der Waals surface area contributed by atoms with Gasteiger partial charge in [-0.3, -0.25) is 4.79 Å². The summed E-state index contributed by atoms with van der Waals surface area (Å²) in [5.74, 6) is 6.73. The number of benzene rings is 3. The molecule has 0 saturated heterocycles. The van der Waals surface area contributed by atoms with Gasteiger partial charge >= 0.3 is 0 Å². The molecular weight excluding hydrogens is 340 g/mol. The number of carbonyl (C=O) groups is 1. The quantitative estimate of drug-likeness (QED) is 0.520. The molecule has 3 aromatic rings. The Morgan fingerprint density at radius 2 is 1.32 bits per heavy atom. The van der Waals surface area contributed by atoms with Gasteiger partial charge in [0.1, 0.15) is 0 Å². The Labute approximate surface area is 166 Å². The minimum absolute atomic E-state index is 0.218. The average Bonchev–Trinajstić information content (AvgIpc) is 2.77. The van der Waals surface area contributed by atoms with Crippen molar-refractivity contribution >= 4 is 11.4 Å². The van der Waals surface area contributed by atoms with E-state index in [2.05, 4.69) is 36.1 Å². The van der Waals surface area contributed by atoms with E-state index in [0.717, 1.165) is 40.7 Å². The van der Waals surface area contributed by atoms with E-state index in [1.54, 1.807) is 0 Å². The van der Waals surface area contributed by atoms with Crippen LogP contribution in [0, 0.1) is 11.8 Å². The third-order valence-corrected chi connectivity index (χ3v) is 5.13. The Hall–Kier alpha value is -3.37. The second-order valence-electron chi connectivity index (χ2n) is 7.01. The Morgan fingerprint density at radius 3 is 2.00 bits per heavy atom. The van der Waals surface area contributed by atoms with E-state index in [0.29, 0.717) is 6.42 Å². The van der Waals surface area contributed by atoms with E-state index in [4.69, 9.17) is 0 Å². The fourth-order valence-electron chi connectivity index (χ4n) is 3.78. The van der Waals surface area contributed by atoms with Crippen molar-refractivity contribution in [2.45, 2.75) is 25.2 Å². The van der Waals surface area contributed by atoms with Crippen LogP contribution in [-0.4, -0.2) is 5.78 Å². The number of allylic oxidation sites excluding steroid dienone is 2. The van der Waals surface area contributed by atoms with Gasteiger partial charge in [-0.05, 0) is 41.7 Å². The maximum atomic E-state index is 13.1. The molecule has 3 aromatic carbocycles. The Bertz CT molecular complexity index is 1030. The van der Waals surface area contributed by atoms with Gasteiger partial charge in [-0.25, -0.2) is 0 Å². The molecule has 0 saturated carbocycles. The first-order chi connectivity index (χ1) is 13.8. The maximum Gasteiger partial charge on any atom is 0.160 e. The molecule has 1 atom stereocenters. The monoisotopic (exact) mass is 362 g/mol. The van der Waals surface area contributed by atoms with Crippen molar-refractivity contribution < 1.29 is 4.79 Å². The zero-order chi connectivity index (χ0) is 19.2. The highest BCUT2D eigenvalue weighted by Crippen LogP contribution is 2.38. The summed E-state index contributed by atoms with van der Waals surface area (Å²) in [6.07, 6.45) is 2.42. The topological polar surface area (TPSA) is 17.1 Å². The minimum Gasteiger partial charge on any atom is -0.294 e. The van der Waals surface area contributed by atoms with Crippen molar-refractivity contribution in [1.29, 1.82) is 0 Å². The van der Waals surface area contributed by atoms with E-state index in [-0.39, 0.29) is 11.7 Å². The number of Topliss-reactive ketones (excluding diaryl/α,β-unsaturated/α-hetero) is 1. The molecule has 1 nitrogen and oxygen atoms in total. The molecule has 136 valence electrons. The van der Waals surface area contributed by atoms with Gasteiger partial charge in [0.05, 0.1) is 5.92 Å². The number of hydrogen-bond acceptors (Lipinski definition) is 1. The van der Waals surface area contributed by atoms with Gasteiger partial charge in [0.2, 0.25) is 0 Å². The van der Waals surface area contributed by atoms with Crippen molar-refractivity contribution in [3.05, 3.63) is 113 Å². The lowest BCUT2D eigenvalue weighted by Gasteiger charge is -2.24. The molecule has 0 aromatic heterocycles. The molecule has 0 N–H and O–H groups in total. The van der Waals surface area contributed by atoms with Gasteiger partial charge in [0.15, 0.2) is 5.78 Å². The van der Waals surface area contributed by atoms with E-state index in [1.807, 2.05) is 66.7 Å². The average molecular weight is 362 g/mol. The standard InChI is InChI=1S/C27H22O/c28-26-18-10-17-24(22-13-6-2-7-14-22)27(26)25(23-15-8-3-9-16-23)20-19-21-11-4-1-5-12-21/h1-9,11-16,25H,10,17-18H2. The fraction of sp³-hybridized carbons (Fsp3) is 0.148. The van der Waals surface area contributed by atoms with Gasteiger partial charge in [0.25, 0.3) is 0 Å². The molecule has 0 fully saturated rings. The van der Waals surface area contributed by atoms with E-state index in [1.165, 1.54) is 0 Å². The summed E-state index contributed by atoms with van der Waals surface area (Å²) in [5.41, 5.74) is 5.19. The molecule has 1 aliphatic rings. The Balaban J connectivity index is 1.88. The van der Waals surface area contributed by atoms with Crippen molar-refractivity contribution in [1.82, 2.24) is 0 Å². The van der Waals surface area contributed by atoms with Crippen LogP contribution in [-0.2, 0) is 4.79 Å². The molecule has 1 heteroatoms. The van der Waals surface area contributed by atoms with Crippen LogP contribution in [0.15, 0.2) is 96.6 Å². The second-order valence-corrected chi connectivity index (χ2v) is 7.01. The highest BCUT2D eigenvalue weighted by Gasteiger charge is 2.28. The number of ketones is 1. The molecule has 0 heterocycles. The summed E-state index contributed by atoms with van der Waals surface area (Å²) in [6.45, 7) is 0. The Kier molecular flexibility index (Phi) is 5.50. The molecule has 0 bridgehead atoms. The van der Waals surface area contributed by atoms with Crippen molar-refractivity contribution in [2.75, 3.05) is 0 Å². The van der Waals surface area contributed by atoms with E-state index < -0.39 is 0 Å². The van der Waals surface area contributed by atoms with Crippen LogP contribution in [0.5, 0.6) is 0 Å². The first-order valence-electron chi connectivity index (χ1n) is 9.76. The van der Waals surface area contributed by atoms with Crippen molar-refractivity contribution in [3.63, 3.8) is 0 Å². The molecule has 0 aliphatic heterocycles. The molecular formula is C27H22O. The van der Waals surface area contributed by atoms with Crippen LogP contribution < -0.4 is 0 Å². The summed E-state index contributed by atoms with van der Waals surface area (Å²) in [4.78, 5) is 13.1. The first-order valence-corrected chi connectivity index (χ1v) is 9.76. The third kappa shape index (κ3) is 3.97. The third-order valence-electron chi connectivity index (χ3n) is 5.13. The molecule has 1 unspecified atom stereocenters. The zero-order valence-corrected chi connectivity index (χ0v) is 15.8. The van der Waals surface area contributed by atoms with Crippen LogP contribution in [0.1, 0.15) is 41.9 Å². The lowest BCUT2D eigenvalue weighted by Crippen LogP contribution is -2.17. The van der Waals surface area contributed by atoms with E-state index >= 15 is 0 Å². The number of rotatable bonds is 3.